The van der Waals surface area contributed by atoms with Crippen molar-refractivity contribution in [2.75, 3.05) is 6.54 Å². The number of aromatic nitrogens is 1. The summed E-state index contributed by atoms with van der Waals surface area (Å²) >= 11 is 0. The van der Waals surface area contributed by atoms with Gasteiger partial charge in [0.2, 0.25) is 0 Å². The fraction of sp³-hybridized carbons (Fsp3) is 0.0556. The lowest BCUT2D eigenvalue weighted by atomic mass is 10.2. The van der Waals surface area contributed by atoms with Gasteiger partial charge in [-0.3, -0.25) is 9.78 Å². The lowest BCUT2D eigenvalue weighted by Gasteiger charge is -2.20. The van der Waals surface area contributed by atoms with Crippen LogP contribution in [0.15, 0.2) is 67.4 Å². The van der Waals surface area contributed by atoms with E-state index in [4.69, 9.17) is 0 Å². The van der Waals surface area contributed by atoms with Gasteiger partial charge in [0.1, 0.15) is 6.29 Å². The molecule has 0 aliphatic carbocycles. The zero-order valence-electron chi connectivity index (χ0n) is 12.1. The van der Waals surface area contributed by atoms with Crippen LogP contribution in [0.4, 0.5) is 0 Å². The maximum atomic E-state index is 12.3. The van der Waals surface area contributed by atoms with E-state index >= 15 is 0 Å². The molecule has 1 aromatic heterocycles. The number of benzene rings is 1. The standard InChI is InChI=1S/C18H16N2O2/c1-15(17-9-5-6-12-19-17)20(13-14-21)18(22)11-10-16-7-3-2-4-8-16/h2-12,14H,1,13H2/b11-10+. The van der Waals surface area contributed by atoms with E-state index < -0.39 is 0 Å². The maximum Gasteiger partial charge on any atom is 0.251 e. The zero-order valence-corrected chi connectivity index (χ0v) is 12.1. The van der Waals surface area contributed by atoms with Crippen LogP contribution < -0.4 is 0 Å². The molecule has 0 N–H and O–H groups in total. The number of carbonyl (C=O) groups is 2. The Hall–Kier alpha value is -3.01. The molecule has 1 amide bonds. The molecule has 0 atom stereocenters. The SMILES string of the molecule is C=C(c1ccccn1)N(CC=O)C(=O)/C=C/c1ccccc1. The van der Waals surface area contributed by atoms with Crippen LogP contribution in [0.5, 0.6) is 0 Å². The first-order valence-corrected chi connectivity index (χ1v) is 6.81. The average molecular weight is 292 g/mol. The van der Waals surface area contributed by atoms with Gasteiger partial charge >= 0.3 is 0 Å². The van der Waals surface area contributed by atoms with Gasteiger partial charge in [0.15, 0.2) is 0 Å². The Morgan fingerprint density at radius 2 is 1.86 bits per heavy atom. The number of hydrogen-bond acceptors (Lipinski definition) is 3. The summed E-state index contributed by atoms with van der Waals surface area (Å²) in [4.78, 5) is 28.6. The molecule has 0 radical (unpaired) electrons. The summed E-state index contributed by atoms with van der Waals surface area (Å²) in [5.41, 5.74) is 1.87. The minimum absolute atomic E-state index is 0.0621. The van der Waals surface area contributed by atoms with Crippen molar-refractivity contribution in [3.63, 3.8) is 0 Å². The summed E-state index contributed by atoms with van der Waals surface area (Å²) in [6.07, 6.45) is 5.41. The molecule has 0 aliphatic heterocycles. The number of rotatable bonds is 6. The number of nitrogens with zero attached hydrogens (tertiary/aromatic N) is 2. The van der Waals surface area contributed by atoms with E-state index in [0.29, 0.717) is 17.7 Å². The first kappa shape index (κ1) is 15.4. The van der Waals surface area contributed by atoms with Crippen molar-refractivity contribution in [2.45, 2.75) is 0 Å². The van der Waals surface area contributed by atoms with E-state index in [1.807, 2.05) is 30.3 Å². The van der Waals surface area contributed by atoms with E-state index in [1.165, 1.54) is 11.0 Å². The third kappa shape index (κ3) is 3.99. The van der Waals surface area contributed by atoms with Gasteiger partial charge in [-0.1, -0.05) is 43.0 Å². The van der Waals surface area contributed by atoms with Crippen molar-refractivity contribution in [3.05, 3.63) is 78.6 Å². The fourth-order valence-corrected chi connectivity index (χ4v) is 1.90. The fourth-order valence-electron chi connectivity index (χ4n) is 1.90. The van der Waals surface area contributed by atoms with Crippen LogP contribution >= 0.6 is 0 Å². The van der Waals surface area contributed by atoms with Gasteiger partial charge in [0, 0.05) is 12.3 Å². The highest BCUT2D eigenvalue weighted by Gasteiger charge is 2.15. The Balaban J connectivity index is 2.17. The molecule has 22 heavy (non-hydrogen) atoms. The number of hydrogen-bond donors (Lipinski definition) is 0. The summed E-state index contributed by atoms with van der Waals surface area (Å²) in [5.74, 6) is -0.313. The van der Waals surface area contributed by atoms with Gasteiger partial charge < -0.3 is 9.69 Å². The van der Waals surface area contributed by atoms with Crippen LogP contribution in [0.1, 0.15) is 11.3 Å². The Kier molecular flexibility index (Phi) is 5.37. The molecule has 0 spiro atoms. The molecule has 1 heterocycles. The van der Waals surface area contributed by atoms with Crippen LogP contribution in [0, 0.1) is 0 Å². The molecule has 0 unspecified atom stereocenters. The molecule has 0 bridgehead atoms. The summed E-state index contributed by atoms with van der Waals surface area (Å²) < 4.78 is 0. The van der Waals surface area contributed by atoms with Crippen molar-refractivity contribution in [2.24, 2.45) is 0 Å². The molecule has 2 aromatic rings. The molecule has 0 aliphatic rings. The van der Waals surface area contributed by atoms with Crippen LogP contribution in [0.25, 0.3) is 11.8 Å². The lowest BCUT2D eigenvalue weighted by molar-refractivity contribution is -0.125. The van der Waals surface area contributed by atoms with Crippen molar-refractivity contribution < 1.29 is 9.59 Å². The first-order valence-electron chi connectivity index (χ1n) is 6.81. The molecule has 0 saturated carbocycles. The van der Waals surface area contributed by atoms with Crippen LogP contribution in [-0.4, -0.2) is 28.6 Å². The van der Waals surface area contributed by atoms with Crippen molar-refractivity contribution in [1.82, 2.24) is 9.88 Å². The second-order valence-electron chi connectivity index (χ2n) is 4.52. The monoisotopic (exact) mass is 292 g/mol. The molecule has 4 nitrogen and oxygen atoms in total. The molecule has 110 valence electrons. The summed E-state index contributed by atoms with van der Waals surface area (Å²) in [7, 11) is 0. The normalized spacial score (nSPS) is 10.4. The maximum absolute atomic E-state index is 12.3. The molecule has 4 heteroatoms. The van der Waals surface area contributed by atoms with Gasteiger partial charge in [-0.25, -0.2) is 0 Å². The smallest absolute Gasteiger partial charge is 0.251 e. The van der Waals surface area contributed by atoms with E-state index in [9.17, 15) is 9.59 Å². The van der Waals surface area contributed by atoms with E-state index in [1.54, 1.807) is 30.5 Å². The Bertz CT molecular complexity index is 679. The van der Waals surface area contributed by atoms with Crippen LogP contribution in [-0.2, 0) is 9.59 Å². The minimum atomic E-state index is -0.313. The van der Waals surface area contributed by atoms with Gasteiger partial charge in [0.25, 0.3) is 5.91 Å². The number of aldehydes is 1. The highest BCUT2D eigenvalue weighted by molar-refractivity contribution is 5.98. The molecule has 0 saturated heterocycles. The van der Waals surface area contributed by atoms with E-state index in [-0.39, 0.29) is 12.5 Å². The molecule has 2 rings (SSSR count). The van der Waals surface area contributed by atoms with Crippen LogP contribution in [0.2, 0.25) is 0 Å². The van der Waals surface area contributed by atoms with Gasteiger partial charge in [-0.2, -0.15) is 0 Å². The zero-order chi connectivity index (χ0) is 15.8. The number of pyridine rings is 1. The average Bonchev–Trinajstić information content (AvgIpc) is 2.58. The summed E-state index contributed by atoms with van der Waals surface area (Å²) in [5, 5.41) is 0. The topological polar surface area (TPSA) is 50.3 Å². The first-order chi connectivity index (χ1) is 10.7. The van der Waals surface area contributed by atoms with Crippen LogP contribution in [0.3, 0.4) is 0 Å². The second kappa shape index (κ2) is 7.69. The Morgan fingerprint density at radius 1 is 1.14 bits per heavy atom. The predicted molar refractivity (Wildman–Crippen MR) is 86.5 cm³/mol. The molecule has 1 aromatic carbocycles. The Labute approximate surface area is 129 Å². The van der Waals surface area contributed by atoms with Gasteiger partial charge in [-0.05, 0) is 23.8 Å². The number of carbonyl (C=O) groups excluding carboxylic acids is 2. The molecular formula is C18H16N2O2. The molecular weight excluding hydrogens is 276 g/mol. The van der Waals surface area contributed by atoms with E-state index in [2.05, 4.69) is 11.6 Å². The lowest BCUT2D eigenvalue weighted by Crippen LogP contribution is -2.29. The van der Waals surface area contributed by atoms with Crippen molar-refractivity contribution in [1.29, 1.82) is 0 Å². The van der Waals surface area contributed by atoms with Gasteiger partial charge in [-0.15, -0.1) is 0 Å². The highest BCUT2D eigenvalue weighted by Crippen LogP contribution is 2.15. The van der Waals surface area contributed by atoms with Crippen molar-refractivity contribution in [3.8, 4) is 0 Å². The highest BCUT2D eigenvalue weighted by atomic mass is 16.2. The van der Waals surface area contributed by atoms with Gasteiger partial charge in [0.05, 0.1) is 17.9 Å². The third-order valence-corrected chi connectivity index (χ3v) is 3.03. The summed E-state index contributed by atoms with van der Waals surface area (Å²) in [6.45, 7) is 3.81. The third-order valence-electron chi connectivity index (χ3n) is 3.03. The molecule has 0 fully saturated rings. The van der Waals surface area contributed by atoms with E-state index in [0.717, 1.165) is 5.56 Å². The summed E-state index contributed by atoms with van der Waals surface area (Å²) in [6, 6.07) is 14.8. The predicted octanol–water partition coefficient (Wildman–Crippen LogP) is 2.79. The Morgan fingerprint density at radius 3 is 2.50 bits per heavy atom. The quantitative estimate of drug-likeness (QED) is 0.607. The number of amides is 1. The van der Waals surface area contributed by atoms with Crippen molar-refractivity contribution >= 4 is 24.0 Å². The largest absolute Gasteiger partial charge is 0.301 e. The minimum Gasteiger partial charge on any atom is -0.301 e. The second-order valence-corrected chi connectivity index (χ2v) is 4.52.